The number of carbonyl (C=O) groups is 2. The zero-order valence-electron chi connectivity index (χ0n) is 15.7. The molecule has 8 heteroatoms. The van der Waals surface area contributed by atoms with Crippen LogP contribution in [-0.2, 0) is 11.2 Å². The molecule has 3 aromatic rings. The van der Waals surface area contributed by atoms with Gasteiger partial charge in [0.25, 0.3) is 5.91 Å². The van der Waals surface area contributed by atoms with Crippen molar-refractivity contribution in [2.75, 3.05) is 5.32 Å². The molecule has 0 radical (unpaired) electrons. The van der Waals surface area contributed by atoms with Gasteiger partial charge < -0.3 is 15.1 Å². The fraction of sp³-hybridized carbons (Fsp3) is 0.250. The summed E-state index contributed by atoms with van der Waals surface area (Å²) in [5, 5.41) is 8.46. The third kappa shape index (κ3) is 4.99. The summed E-state index contributed by atoms with van der Waals surface area (Å²) in [6.07, 6.45) is 0.0922. The van der Waals surface area contributed by atoms with Crippen LogP contribution in [0.25, 0.3) is 10.8 Å². The average Bonchev–Trinajstić information content (AvgIpc) is 3.25. The van der Waals surface area contributed by atoms with Gasteiger partial charge in [-0.15, -0.1) is 11.3 Å². The molecular weight excluding hydrogens is 398 g/mol. The Bertz CT molecular complexity index is 1010. The van der Waals surface area contributed by atoms with E-state index in [1.165, 1.54) is 11.3 Å². The summed E-state index contributed by atoms with van der Waals surface area (Å²) >= 11 is 7.58. The number of nitrogens with zero attached hydrogens (tertiary/aromatic N) is 1. The lowest BCUT2D eigenvalue weighted by Crippen LogP contribution is -2.30. The van der Waals surface area contributed by atoms with Crippen molar-refractivity contribution in [3.8, 4) is 10.8 Å². The molecule has 28 heavy (non-hydrogen) atoms. The van der Waals surface area contributed by atoms with Gasteiger partial charge in [-0.25, -0.2) is 4.98 Å². The maximum Gasteiger partial charge on any atom is 0.251 e. The van der Waals surface area contributed by atoms with Gasteiger partial charge in [0.05, 0.1) is 22.8 Å². The standard InChI is InChI=1S/C20H20ClN3O3S/c1-11(2)22-19(26)13-5-6-15(21)16(8-13)24-18(25)9-14-10-28-20(23-14)17-7-4-12(3)27-17/h4-8,10-11H,9H2,1-3H3,(H,22,26)(H,24,25). The molecule has 0 atom stereocenters. The monoisotopic (exact) mass is 417 g/mol. The van der Waals surface area contributed by atoms with Crippen LogP contribution in [0.2, 0.25) is 5.02 Å². The van der Waals surface area contributed by atoms with E-state index < -0.39 is 0 Å². The Hall–Kier alpha value is -2.64. The summed E-state index contributed by atoms with van der Waals surface area (Å²) in [4.78, 5) is 29.0. The van der Waals surface area contributed by atoms with Crippen LogP contribution in [0.15, 0.2) is 40.1 Å². The second kappa shape index (κ2) is 8.58. The number of thiazole rings is 1. The normalized spacial score (nSPS) is 10.9. The number of hydrogen-bond donors (Lipinski definition) is 2. The van der Waals surface area contributed by atoms with E-state index in [2.05, 4.69) is 15.6 Å². The quantitative estimate of drug-likeness (QED) is 0.609. The van der Waals surface area contributed by atoms with Gasteiger partial charge in [0.2, 0.25) is 5.91 Å². The highest BCUT2D eigenvalue weighted by atomic mass is 35.5. The molecule has 0 saturated heterocycles. The lowest BCUT2D eigenvalue weighted by atomic mass is 10.1. The number of benzene rings is 1. The molecule has 2 amide bonds. The van der Waals surface area contributed by atoms with Crippen LogP contribution in [0.5, 0.6) is 0 Å². The second-order valence-electron chi connectivity index (χ2n) is 6.60. The maximum absolute atomic E-state index is 12.4. The van der Waals surface area contributed by atoms with Crippen molar-refractivity contribution in [3.63, 3.8) is 0 Å². The zero-order chi connectivity index (χ0) is 20.3. The van der Waals surface area contributed by atoms with Gasteiger partial charge in [0.1, 0.15) is 5.76 Å². The Morgan fingerprint density at radius 1 is 1.25 bits per heavy atom. The number of hydrogen-bond acceptors (Lipinski definition) is 5. The molecule has 2 heterocycles. The number of amides is 2. The lowest BCUT2D eigenvalue weighted by molar-refractivity contribution is -0.115. The number of nitrogens with one attached hydrogen (secondary N) is 2. The van der Waals surface area contributed by atoms with Crippen molar-refractivity contribution in [2.45, 2.75) is 33.2 Å². The van der Waals surface area contributed by atoms with Crippen LogP contribution >= 0.6 is 22.9 Å². The first-order chi connectivity index (χ1) is 13.3. The third-order valence-corrected chi connectivity index (χ3v) is 5.00. The lowest BCUT2D eigenvalue weighted by Gasteiger charge is -2.11. The topological polar surface area (TPSA) is 84.2 Å². The molecule has 0 unspecified atom stereocenters. The van der Waals surface area contributed by atoms with E-state index in [9.17, 15) is 9.59 Å². The fourth-order valence-corrected chi connectivity index (χ4v) is 3.46. The molecule has 3 rings (SSSR count). The average molecular weight is 418 g/mol. The first-order valence-corrected chi connectivity index (χ1v) is 9.99. The van der Waals surface area contributed by atoms with Crippen molar-refractivity contribution in [3.05, 3.63) is 57.8 Å². The Morgan fingerprint density at radius 2 is 2.04 bits per heavy atom. The Morgan fingerprint density at radius 3 is 2.71 bits per heavy atom. The van der Waals surface area contributed by atoms with E-state index in [1.807, 2.05) is 38.3 Å². The summed E-state index contributed by atoms with van der Waals surface area (Å²) in [6, 6.07) is 8.51. The maximum atomic E-state index is 12.4. The van der Waals surface area contributed by atoms with Crippen LogP contribution in [0, 0.1) is 6.92 Å². The van der Waals surface area contributed by atoms with Crippen molar-refractivity contribution < 1.29 is 14.0 Å². The van der Waals surface area contributed by atoms with E-state index in [1.54, 1.807) is 18.2 Å². The number of rotatable bonds is 6. The minimum Gasteiger partial charge on any atom is -0.459 e. The number of aromatic nitrogens is 1. The summed E-state index contributed by atoms with van der Waals surface area (Å²) in [6.45, 7) is 5.62. The Balaban J connectivity index is 1.68. The number of carbonyl (C=O) groups excluding carboxylic acids is 2. The highest BCUT2D eigenvalue weighted by Crippen LogP contribution is 2.26. The predicted molar refractivity (Wildman–Crippen MR) is 111 cm³/mol. The summed E-state index contributed by atoms with van der Waals surface area (Å²) < 4.78 is 5.55. The summed E-state index contributed by atoms with van der Waals surface area (Å²) in [7, 11) is 0. The zero-order valence-corrected chi connectivity index (χ0v) is 17.3. The van der Waals surface area contributed by atoms with E-state index in [-0.39, 0.29) is 24.3 Å². The van der Waals surface area contributed by atoms with Crippen molar-refractivity contribution in [1.29, 1.82) is 0 Å². The van der Waals surface area contributed by atoms with Gasteiger partial charge in [-0.05, 0) is 51.1 Å². The van der Waals surface area contributed by atoms with Crippen molar-refractivity contribution >= 4 is 40.4 Å². The van der Waals surface area contributed by atoms with Gasteiger partial charge in [0.15, 0.2) is 10.8 Å². The van der Waals surface area contributed by atoms with Crippen LogP contribution in [0.4, 0.5) is 5.69 Å². The van der Waals surface area contributed by atoms with Gasteiger partial charge in [-0.2, -0.15) is 0 Å². The molecule has 6 nitrogen and oxygen atoms in total. The fourth-order valence-electron chi connectivity index (χ4n) is 2.52. The van der Waals surface area contributed by atoms with Gasteiger partial charge in [0, 0.05) is 17.0 Å². The minimum atomic E-state index is -0.268. The van der Waals surface area contributed by atoms with Crippen molar-refractivity contribution in [1.82, 2.24) is 10.3 Å². The molecule has 2 aromatic heterocycles. The van der Waals surface area contributed by atoms with Gasteiger partial charge in [-0.3, -0.25) is 9.59 Å². The van der Waals surface area contributed by atoms with Crippen LogP contribution in [0.3, 0.4) is 0 Å². The van der Waals surface area contributed by atoms with Crippen LogP contribution < -0.4 is 10.6 Å². The van der Waals surface area contributed by atoms with E-state index in [0.717, 1.165) is 10.8 Å². The molecule has 0 bridgehead atoms. The number of furan rings is 1. The number of halogens is 1. The summed E-state index contributed by atoms with van der Waals surface area (Å²) in [5.74, 6) is 0.998. The van der Waals surface area contributed by atoms with E-state index >= 15 is 0 Å². The van der Waals surface area contributed by atoms with Gasteiger partial charge in [-0.1, -0.05) is 11.6 Å². The molecular formula is C20H20ClN3O3S. The highest BCUT2D eigenvalue weighted by molar-refractivity contribution is 7.13. The third-order valence-electron chi connectivity index (χ3n) is 3.77. The second-order valence-corrected chi connectivity index (χ2v) is 7.87. The van der Waals surface area contributed by atoms with E-state index in [0.29, 0.717) is 27.7 Å². The molecule has 0 saturated carbocycles. The molecule has 1 aromatic carbocycles. The van der Waals surface area contributed by atoms with E-state index in [4.69, 9.17) is 16.0 Å². The number of anilines is 1. The Labute approximate surface area is 171 Å². The molecule has 0 fully saturated rings. The summed E-state index contributed by atoms with van der Waals surface area (Å²) in [5.41, 5.74) is 1.45. The molecule has 0 aliphatic carbocycles. The number of aryl methyl sites for hydroxylation is 1. The SMILES string of the molecule is Cc1ccc(-c2nc(CC(=O)Nc3cc(C(=O)NC(C)C)ccc3Cl)cs2)o1. The smallest absolute Gasteiger partial charge is 0.251 e. The van der Waals surface area contributed by atoms with Gasteiger partial charge >= 0.3 is 0 Å². The first kappa shape index (κ1) is 20.1. The molecule has 0 aliphatic rings. The van der Waals surface area contributed by atoms with Crippen LogP contribution in [0.1, 0.15) is 35.7 Å². The molecule has 0 spiro atoms. The molecule has 146 valence electrons. The highest BCUT2D eigenvalue weighted by Gasteiger charge is 2.14. The van der Waals surface area contributed by atoms with Crippen molar-refractivity contribution in [2.24, 2.45) is 0 Å². The molecule has 2 N–H and O–H groups in total. The predicted octanol–water partition coefficient (Wildman–Crippen LogP) is 4.68. The Kier molecular flexibility index (Phi) is 6.16. The molecule has 0 aliphatic heterocycles. The first-order valence-electron chi connectivity index (χ1n) is 8.73. The van der Waals surface area contributed by atoms with Crippen LogP contribution in [-0.4, -0.2) is 22.8 Å². The minimum absolute atomic E-state index is 0.0121. The largest absolute Gasteiger partial charge is 0.459 e.